The molecule has 1 aliphatic heterocycles. The van der Waals surface area contributed by atoms with Gasteiger partial charge in [0.15, 0.2) is 0 Å². The fraction of sp³-hybridized carbons (Fsp3) is 0.290. The zero-order valence-electron chi connectivity index (χ0n) is 24.1. The minimum Gasteiger partial charge on any atom is -0.507 e. The Labute approximate surface area is 250 Å². The number of aromatic hydroxyl groups is 2. The van der Waals surface area contributed by atoms with Crippen molar-refractivity contribution in [3.8, 4) is 11.5 Å². The number of likely N-dealkylation sites (N-methyl/N-ethyl adjacent to an activating group) is 1. The number of nitrogens with zero attached hydrogens (tertiary/aromatic N) is 2. The van der Waals surface area contributed by atoms with Crippen molar-refractivity contribution in [2.45, 2.75) is 25.0 Å². The topological polar surface area (TPSA) is 171 Å². The zero-order valence-corrected chi connectivity index (χ0v) is 24.9. The zero-order chi connectivity index (χ0) is 31.6. The van der Waals surface area contributed by atoms with Crippen LogP contribution in [0, 0.1) is 0 Å². The number of carboxylic acids is 2. The Kier molecular flexibility index (Phi) is 11.7. The van der Waals surface area contributed by atoms with E-state index < -0.39 is 22.0 Å². The summed E-state index contributed by atoms with van der Waals surface area (Å²) in [5.74, 6) is -2.53. The van der Waals surface area contributed by atoms with Gasteiger partial charge in [-0.05, 0) is 80.9 Å². The summed E-state index contributed by atoms with van der Waals surface area (Å²) < 4.78 is 26.6. The number of phenols is 2. The number of aromatic amines is 1. The van der Waals surface area contributed by atoms with Crippen molar-refractivity contribution < 1.29 is 38.4 Å². The molecule has 2 heterocycles. The summed E-state index contributed by atoms with van der Waals surface area (Å²) >= 11 is 0. The number of rotatable bonds is 8. The molecule has 230 valence electrons. The molecule has 0 amide bonds. The molecule has 5 N–H and O–H groups in total. The van der Waals surface area contributed by atoms with E-state index in [2.05, 4.69) is 24.0 Å². The lowest BCUT2D eigenvalue weighted by atomic mass is 10.1. The molecule has 0 bridgehead atoms. The molecule has 0 spiro atoms. The monoisotopic (exact) mass is 611 g/mol. The highest BCUT2D eigenvalue weighted by Crippen LogP contribution is 2.23. The standard InChI is InChI=1S/C17H25N3O2S.2C7H6O3/c1-19(2)10-7-15-12-18-17-6-5-14(11-16(15)17)13-23(21,22)20-8-3-4-9-20;2*8-6-4-2-1-3-5(6)7(9)10/h5-6,11-12,18H,3-4,7-10,13H2,1-2H3;2*1-4,8H,(H,9,10). The molecule has 1 aliphatic rings. The summed E-state index contributed by atoms with van der Waals surface area (Å²) in [6.45, 7) is 2.31. The summed E-state index contributed by atoms with van der Waals surface area (Å²) in [6, 6.07) is 17.6. The number of hydrogen-bond acceptors (Lipinski definition) is 7. The fourth-order valence-electron chi connectivity index (χ4n) is 4.44. The van der Waals surface area contributed by atoms with Crippen LogP contribution in [0.3, 0.4) is 0 Å². The maximum absolute atomic E-state index is 12.5. The fourth-order valence-corrected chi connectivity index (χ4v) is 6.04. The second-order valence-electron chi connectivity index (χ2n) is 10.3. The van der Waals surface area contributed by atoms with Crippen LogP contribution in [0.2, 0.25) is 0 Å². The molecule has 1 aromatic heterocycles. The second kappa shape index (κ2) is 15.2. The molecule has 11 nitrogen and oxygen atoms in total. The maximum Gasteiger partial charge on any atom is 0.339 e. The second-order valence-corrected chi connectivity index (χ2v) is 12.2. The summed E-state index contributed by atoms with van der Waals surface area (Å²) in [5, 5.41) is 35.8. The molecule has 43 heavy (non-hydrogen) atoms. The molecule has 0 aliphatic carbocycles. The number of nitrogens with one attached hydrogen (secondary N) is 1. The number of para-hydroxylation sites is 2. The minimum atomic E-state index is -3.19. The smallest absolute Gasteiger partial charge is 0.339 e. The van der Waals surface area contributed by atoms with E-state index in [9.17, 15) is 18.0 Å². The summed E-state index contributed by atoms with van der Waals surface area (Å²) in [6.07, 6.45) is 4.94. The van der Waals surface area contributed by atoms with Gasteiger partial charge in [0, 0.05) is 36.7 Å². The van der Waals surface area contributed by atoms with Crippen LogP contribution in [0.4, 0.5) is 0 Å². The van der Waals surface area contributed by atoms with Gasteiger partial charge in [-0.3, -0.25) is 0 Å². The van der Waals surface area contributed by atoms with Gasteiger partial charge in [-0.1, -0.05) is 30.3 Å². The van der Waals surface area contributed by atoms with Crippen molar-refractivity contribution in [3.05, 3.63) is 95.2 Å². The van der Waals surface area contributed by atoms with Crippen LogP contribution < -0.4 is 0 Å². The van der Waals surface area contributed by atoms with Gasteiger partial charge >= 0.3 is 11.9 Å². The van der Waals surface area contributed by atoms with Gasteiger partial charge in [-0.25, -0.2) is 22.3 Å². The highest BCUT2D eigenvalue weighted by molar-refractivity contribution is 7.88. The number of carboxylic acid groups (broad SMARTS) is 2. The normalized spacial score (nSPS) is 13.2. The van der Waals surface area contributed by atoms with Gasteiger partial charge in [-0.2, -0.15) is 0 Å². The Morgan fingerprint density at radius 1 is 0.860 bits per heavy atom. The molecule has 4 aromatic rings. The van der Waals surface area contributed by atoms with E-state index >= 15 is 0 Å². The van der Waals surface area contributed by atoms with Crippen molar-refractivity contribution in [2.24, 2.45) is 0 Å². The van der Waals surface area contributed by atoms with Crippen LogP contribution in [0.15, 0.2) is 72.9 Å². The van der Waals surface area contributed by atoms with Crippen molar-refractivity contribution >= 4 is 32.9 Å². The SMILES string of the molecule is CN(C)CCc1c[nH]c2ccc(CS(=O)(=O)N3CCCC3)cc12.O=C(O)c1ccccc1O.O=C(O)c1ccccc1O. The van der Waals surface area contributed by atoms with Crippen molar-refractivity contribution in [3.63, 3.8) is 0 Å². The number of fused-ring (bicyclic) bond motifs is 1. The number of aromatic carboxylic acids is 2. The molecule has 0 unspecified atom stereocenters. The lowest BCUT2D eigenvalue weighted by molar-refractivity contribution is 0.0682. The van der Waals surface area contributed by atoms with Crippen molar-refractivity contribution in [2.75, 3.05) is 33.7 Å². The third kappa shape index (κ3) is 9.57. The number of H-pyrrole nitrogens is 1. The van der Waals surface area contributed by atoms with Crippen LogP contribution in [-0.2, 0) is 22.2 Å². The third-order valence-electron chi connectivity index (χ3n) is 6.74. The van der Waals surface area contributed by atoms with Gasteiger partial charge in [-0.15, -0.1) is 0 Å². The quantitative estimate of drug-likeness (QED) is 0.194. The molecular formula is C31H37N3O8S. The van der Waals surface area contributed by atoms with E-state index in [1.807, 2.05) is 24.4 Å². The van der Waals surface area contributed by atoms with E-state index in [-0.39, 0.29) is 28.4 Å². The van der Waals surface area contributed by atoms with Gasteiger partial charge in [0.25, 0.3) is 0 Å². The van der Waals surface area contributed by atoms with Gasteiger partial charge in [0.05, 0.1) is 5.75 Å². The van der Waals surface area contributed by atoms with Crippen molar-refractivity contribution in [1.29, 1.82) is 0 Å². The molecule has 0 atom stereocenters. The highest BCUT2D eigenvalue weighted by Gasteiger charge is 2.25. The molecule has 0 saturated carbocycles. The van der Waals surface area contributed by atoms with E-state index in [0.717, 1.165) is 42.3 Å². The Bertz CT molecular complexity index is 1590. The van der Waals surface area contributed by atoms with E-state index in [1.165, 1.54) is 29.8 Å². The van der Waals surface area contributed by atoms with E-state index in [0.29, 0.717) is 13.1 Å². The lowest BCUT2D eigenvalue weighted by Gasteiger charge is -2.15. The average molecular weight is 612 g/mol. The van der Waals surface area contributed by atoms with E-state index in [1.54, 1.807) is 28.6 Å². The van der Waals surface area contributed by atoms with Crippen molar-refractivity contribution in [1.82, 2.24) is 14.2 Å². The predicted molar refractivity (Wildman–Crippen MR) is 164 cm³/mol. The molecule has 12 heteroatoms. The molecule has 0 radical (unpaired) electrons. The lowest BCUT2D eigenvalue weighted by Crippen LogP contribution is -2.29. The molecule has 5 rings (SSSR count). The van der Waals surface area contributed by atoms with Crippen LogP contribution in [-0.4, -0.2) is 88.7 Å². The van der Waals surface area contributed by atoms with Crippen LogP contribution in [0.1, 0.15) is 44.7 Å². The minimum absolute atomic E-state index is 0.0671. The molecule has 1 saturated heterocycles. The Hall–Kier alpha value is -4.39. The average Bonchev–Trinajstić information content (AvgIpc) is 3.64. The predicted octanol–water partition coefficient (Wildman–Crippen LogP) is 4.38. The van der Waals surface area contributed by atoms with Gasteiger partial charge in [0.2, 0.25) is 10.0 Å². The van der Waals surface area contributed by atoms with Crippen LogP contribution >= 0.6 is 0 Å². The van der Waals surface area contributed by atoms with E-state index in [4.69, 9.17) is 20.4 Å². The first-order valence-electron chi connectivity index (χ1n) is 13.6. The summed E-state index contributed by atoms with van der Waals surface area (Å²) in [5.41, 5.74) is 3.05. The number of benzene rings is 3. The Morgan fingerprint density at radius 2 is 1.40 bits per heavy atom. The third-order valence-corrected chi connectivity index (χ3v) is 8.59. The van der Waals surface area contributed by atoms with Crippen LogP contribution in [0.5, 0.6) is 11.5 Å². The summed E-state index contributed by atoms with van der Waals surface area (Å²) in [4.78, 5) is 26.0. The van der Waals surface area contributed by atoms with Gasteiger partial charge in [0.1, 0.15) is 22.6 Å². The number of aromatic nitrogens is 1. The molecule has 3 aromatic carbocycles. The number of carbonyl (C=O) groups is 2. The van der Waals surface area contributed by atoms with Crippen LogP contribution in [0.25, 0.3) is 10.9 Å². The van der Waals surface area contributed by atoms with Gasteiger partial charge < -0.3 is 30.3 Å². The number of hydrogen-bond donors (Lipinski definition) is 5. The number of sulfonamides is 1. The maximum atomic E-state index is 12.5. The molecule has 1 fully saturated rings. The Balaban J connectivity index is 0.000000209. The first kappa shape index (κ1) is 33.1. The largest absolute Gasteiger partial charge is 0.507 e. The Morgan fingerprint density at radius 3 is 1.86 bits per heavy atom. The highest BCUT2D eigenvalue weighted by atomic mass is 32.2. The first-order valence-corrected chi connectivity index (χ1v) is 15.2. The summed E-state index contributed by atoms with van der Waals surface area (Å²) in [7, 11) is 0.928. The first-order chi connectivity index (χ1) is 20.4. The molecular weight excluding hydrogens is 574 g/mol.